The van der Waals surface area contributed by atoms with Gasteiger partial charge >= 0.3 is 0 Å². The number of anilines is 2. The van der Waals surface area contributed by atoms with Gasteiger partial charge in [0.05, 0.1) is 5.69 Å². The van der Waals surface area contributed by atoms with Gasteiger partial charge in [0.2, 0.25) is 5.91 Å². The molecule has 0 unspecified atom stereocenters. The third kappa shape index (κ3) is 6.62. The van der Waals surface area contributed by atoms with E-state index in [1.54, 1.807) is 12.1 Å². The van der Waals surface area contributed by atoms with Crippen LogP contribution < -0.4 is 21.7 Å². The number of carbonyl (C=O) groups excluding carboxylic acids is 3. The van der Waals surface area contributed by atoms with Gasteiger partial charge in [-0.3, -0.25) is 19.3 Å². The van der Waals surface area contributed by atoms with Crippen molar-refractivity contribution in [1.29, 1.82) is 0 Å². The van der Waals surface area contributed by atoms with Gasteiger partial charge in [-0.1, -0.05) is 57.4 Å². The maximum absolute atomic E-state index is 14.2. The molecule has 4 rings (SSSR count). The quantitative estimate of drug-likeness (QED) is 0.268. The summed E-state index contributed by atoms with van der Waals surface area (Å²) in [5, 5.41) is 12.9. The van der Waals surface area contributed by atoms with Gasteiger partial charge in [0.25, 0.3) is 11.8 Å². The van der Waals surface area contributed by atoms with E-state index in [-0.39, 0.29) is 27.9 Å². The number of nitrogens with one attached hydrogen (secondary N) is 1. The highest BCUT2D eigenvalue weighted by molar-refractivity contribution is 7.09. The molecule has 0 radical (unpaired) electrons. The Bertz CT molecular complexity index is 1330. The first kappa shape index (κ1) is 29.1. The average Bonchev–Trinajstić information content (AvgIpc) is 3.34. The number of benzene rings is 2. The van der Waals surface area contributed by atoms with Crippen LogP contribution in [0, 0.1) is 5.92 Å². The molecule has 0 bridgehead atoms. The Morgan fingerprint density at radius 1 is 1.05 bits per heavy atom. The number of aromatic hydroxyl groups is 1. The first-order chi connectivity index (χ1) is 19.2. The standard InChI is InChI=1S/C30H37N5O4S/c1-18(2)16-17-33-29(38)26(21-10-14-23(36)15-11-21)35(30(39)27-24(31)25(28(32)37)34-40-27)22-12-8-20(9-13-22)19-6-4-3-5-7-19/h8-15,18-19,26,36H,3-7,16-17,31H2,1-2H3,(H2,32,37)(H,33,38)/t26-/m1/s1. The molecule has 9 nitrogen and oxygen atoms in total. The lowest BCUT2D eigenvalue weighted by molar-refractivity contribution is -0.122. The highest BCUT2D eigenvalue weighted by Gasteiger charge is 2.36. The summed E-state index contributed by atoms with van der Waals surface area (Å²) >= 11 is 0.771. The lowest BCUT2D eigenvalue weighted by Crippen LogP contribution is -2.44. The summed E-state index contributed by atoms with van der Waals surface area (Å²) in [6.07, 6.45) is 6.67. The molecule has 6 N–H and O–H groups in total. The minimum Gasteiger partial charge on any atom is -0.508 e. The predicted molar refractivity (Wildman–Crippen MR) is 157 cm³/mol. The summed E-state index contributed by atoms with van der Waals surface area (Å²) < 4.78 is 4.01. The SMILES string of the molecule is CC(C)CCNC(=O)[C@@H](c1ccc(O)cc1)N(C(=O)c1snc(C(N)=O)c1N)c1ccc(C2CCCCC2)cc1. The Hall–Kier alpha value is -3.92. The topological polar surface area (TPSA) is 152 Å². The summed E-state index contributed by atoms with van der Waals surface area (Å²) in [4.78, 5) is 41.2. The number of nitrogens with two attached hydrogens (primary N) is 2. The molecule has 1 fully saturated rings. The Labute approximate surface area is 238 Å². The number of phenols is 1. The van der Waals surface area contributed by atoms with Crippen LogP contribution in [-0.4, -0.2) is 33.7 Å². The van der Waals surface area contributed by atoms with Gasteiger partial charge in [-0.15, -0.1) is 0 Å². The molecule has 1 atom stereocenters. The van der Waals surface area contributed by atoms with E-state index < -0.39 is 17.9 Å². The van der Waals surface area contributed by atoms with E-state index in [2.05, 4.69) is 23.5 Å². The molecule has 10 heteroatoms. The third-order valence-electron chi connectivity index (χ3n) is 7.36. The second-order valence-corrected chi connectivity index (χ2v) is 11.5. The zero-order valence-electron chi connectivity index (χ0n) is 22.9. The van der Waals surface area contributed by atoms with Crippen LogP contribution in [-0.2, 0) is 4.79 Å². The van der Waals surface area contributed by atoms with E-state index in [4.69, 9.17) is 11.5 Å². The van der Waals surface area contributed by atoms with Crippen molar-refractivity contribution < 1.29 is 19.5 Å². The highest BCUT2D eigenvalue weighted by atomic mass is 32.1. The largest absolute Gasteiger partial charge is 0.508 e. The van der Waals surface area contributed by atoms with Crippen molar-refractivity contribution in [2.24, 2.45) is 11.7 Å². The number of nitrogens with zero attached hydrogens (tertiary/aromatic N) is 2. The third-order valence-corrected chi connectivity index (χ3v) is 8.21. The highest BCUT2D eigenvalue weighted by Crippen LogP contribution is 2.37. The molecule has 3 amide bonds. The van der Waals surface area contributed by atoms with Crippen molar-refractivity contribution in [1.82, 2.24) is 9.69 Å². The second-order valence-electron chi connectivity index (χ2n) is 10.7. The molecule has 1 aliphatic carbocycles. The molecule has 0 spiro atoms. The number of phenolic OH excluding ortho intramolecular Hbond substituents is 1. The fraction of sp³-hybridized carbons (Fsp3) is 0.400. The smallest absolute Gasteiger partial charge is 0.273 e. The van der Waals surface area contributed by atoms with E-state index in [1.807, 2.05) is 24.3 Å². The molecule has 1 aliphatic rings. The molecule has 1 aromatic heterocycles. The van der Waals surface area contributed by atoms with Gasteiger partial charge < -0.3 is 21.9 Å². The minimum atomic E-state index is -1.08. The van der Waals surface area contributed by atoms with Crippen molar-refractivity contribution in [2.75, 3.05) is 17.2 Å². The molecule has 40 heavy (non-hydrogen) atoms. The number of hydrogen-bond acceptors (Lipinski definition) is 7. The average molecular weight is 564 g/mol. The summed E-state index contributed by atoms with van der Waals surface area (Å²) in [6, 6.07) is 12.8. The van der Waals surface area contributed by atoms with Crippen LogP contribution >= 0.6 is 11.5 Å². The van der Waals surface area contributed by atoms with Crippen molar-refractivity contribution in [3.8, 4) is 5.75 Å². The lowest BCUT2D eigenvalue weighted by atomic mass is 9.84. The van der Waals surface area contributed by atoms with E-state index in [0.717, 1.165) is 30.8 Å². The van der Waals surface area contributed by atoms with Gasteiger partial charge in [-0.05, 0) is 78.0 Å². The maximum Gasteiger partial charge on any atom is 0.273 e. The summed E-state index contributed by atoms with van der Waals surface area (Å²) in [5.74, 6) is -0.914. The number of hydrogen-bond donors (Lipinski definition) is 4. The van der Waals surface area contributed by atoms with Gasteiger partial charge in [0.15, 0.2) is 5.69 Å². The molecule has 0 aliphatic heterocycles. The molecular formula is C30H37N5O4S. The van der Waals surface area contributed by atoms with Gasteiger partial charge in [0.1, 0.15) is 16.7 Å². The minimum absolute atomic E-state index is 0.0175. The van der Waals surface area contributed by atoms with Crippen molar-refractivity contribution >= 4 is 40.6 Å². The van der Waals surface area contributed by atoms with Crippen molar-refractivity contribution in [2.45, 2.75) is 64.3 Å². The van der Waals surface area contributed by atoms with Crippen LogP contribution in [0.5, 0.6) is 5.75 Å². The Morgan fingerprint density at radius 2 is 1.70 bits per heavy atom. The first-order valence-corrected chi connectivity index (χ1v) is 14.5. The summed E-state index contributed by atoms with van der Waals surface area (Å²) in [6.45, 7) is 4.56. The van der Waals surface area contributed by atoms with Gasteiger partial charge in [-0.2, -0.15) is 4.37 Å². The maximum atomic E-state index is 14.2. The van der Waals surface area contributed by atoms with Crippen LogP contribution in [0.4, 0.5) is 11.4 Å². The Kier molecular flexibility index (Phi) is 9.42. The zero-order valence-corrected chi connectivity index (χ0v) is 23.7. The molecule has 1 heterocycles. The zero-order chi connectivity index (χ0) is 28.8. The molecule has 3 aromatic rings. The van der Waals surface area contributed by atoms with E-state index in [1.165, 1.54) is 41.9 Å². The normalized spacial score (nSPS) is 14.6. The van der Waals surface area contributed by atoms with Crippen LogP contribution in [0.25, 0.3) is 0 Å². The predicted octanol–water partition coefficient (Wildman–Crippen LogP) is 5.13. The Balaban J connectivity index is 1.80. The second kappa shape index (κ2) is 13.0. The molecule has 2 aromatic carbocycles. The van der Waals surface area contributed by atoms with Crippen LogP contribution in [0.2, 0.25) is 0 Å². The number of carbonyl (C=O) groups is 3. The van der Waals surface area contributed by atoms with Gasteiger partial charge in [-0.25, -0.2) is 0 Å². The Morgan fingerprint density at radius 3 is 2.27 bits per heavy atom. The number of primary amides is 1. The van der Waals surface area contributed by atoms with E-state index in [9.17, 15) is 19.5 Å². The van der Waals surface area contributed by atoms with Crippen molar-refractivity contribution in [3.05, 3.63) is 70.2 Å². The summed E-state index contributed by atoms with van der Waals surface area (Å²) in [7, 11) is 0. The fourth-order valence-electron chi connectivity index (χ4n) is 5.12. The van der Waals surface area contributed by atoms with Crippen LogP contribution in [0.15, 0.2) is 48.5 Å². The number of rotatable bonds is 10. The lowest BCUT2D eigenvalue weighted by Gasteiger charge is -2.32. The number of aromatic nitrogens is 1. The first-order valence-electron chi connectivity index (χ1n) is 13.7. The van der Waals surface area contributed by atoms with Crippen LogP contribution in [0.1, 0.15) is 95.6 Å². The molecule has 1 saturated carbocycles. The van der Waals surface area contributed by atoms with E-state index in [0.29, 0.717) is 29.6 Å². The number of amides is 3. The van der Waals surface area contributed by atoms with E-state index >= 15 is 0 Å². The van der Waals surface area contributed by atoms with Crippen LogP contribution in [0.3, 0.4) is 0 Å². The molecule has 0 saturated heterocycles. The van der Waals surface area contributed by atoms with Crippen molar-refractivity contribution in [3.63, 3.8) is 0 Å². The monoisotopic (exact) mass is 563 g/mol. The molecular weight excluding hydrogens is 526 g/mol. The van der Waals surface area contributed by atoms with Gasteiger partial charge in [0, 0.05) is 12.2 Å². The molecule has 212 valence electrons. The fourth-order valence-corrected chi connectivity index (χ4v) is 5.86. The number of nitrogen functional groups attached to an aromatic ring is 1. The summed E-state index contributed by atoms with van der Waals surface area (Å²) in [5.41, 5.74) is 13.5.